The quantitative estimate of drug-likeness (QED) is 0.392. The third-order valence-electron chi connectivity index (χ3n) is 5.76. The van der Waals surface area contributed by atoms with Gasteiger partial charge in [0.25, 0.3) is 0 Å². The maximum atomic E-state index is 13.6. The summed E-state index contributed by atoms with van der Waals surface area (Å²) >= 11 is 1.70. The number of hydrogen-bond donors (Lipinski definition) is 1. The third kappa shape index (κ3) is 4.71. The van der Waals surface area contributed by atoms with Gasteiger partial charge in [-0.15, -0.1) is 0 Å². The molecule has 0 bridgehead atoms. The number of esters is 2. The minimum atomic E-state index is -0.881. The van der Waals surface area contributed by atoms with Crippen molar-refractivity contribution in [3.05, 3.63) is 58.4 Å². The summed E-state index contributed by atoms with van der Waals surface area (Å²) < 4.78 is 10.5. The van der Waals surface area contributed by atoms with Crippen LogP contribution in [0.3, 0.4) is 0 Å². The molecule has 1 aromatic carbocycles. The minimum Gasteiger partial charge on any atom is -0.468 e. The van der Waals surface area contributed by atoms with E-state index in [1.54, 1.807) is 11.8 Å². The number of ether oxygens (including phenoxy) is 2. The van der Waals surface area contributed by atoms with Crippen LogP contribution in [0.5, 0.6) is 0 Å². The Bertz CT molecular complexity index is 921. The van der Waals surface area contributed by atoms with Crippen molar-refractivity contribution in [3.8, 4) is 0 Å². The molecule has 0 saturated carbocycles. The Morgan fingerprint density at radius 1 is 1.23 bits per heavy atom. The molecule has 1 aliphatic carbocycles. The number of benzene rings is 1. The summed E-state index contributed by atoms with van der Waals surface area (Å²) in [4.78, 5) is 39.1. The zero-order chi connectivity index (χ0) is 22.5. The number of Topliss-reactive ketones (excluding diaryl/α,β-unsaturated/α-hetero) is 1. The summed E-state index contributed by atoms with van der Waals surface area (Å²) in [6, 6.07) is 9.43. The first-order valence-electron chi connectivity index (χ1n) is 10.5. The fraction of sp³-hybridized carbons (Fsp3) is 0.458. The Kier molecular flexibility index (Phi) is 7.59. The molecule has 2 aliphatic rings. The first-order valence-corrected chi connectivity index (χ1v) is 11.7. The highest BCUT2D eigenvalue weighted by molar-refractivity contribution is 7.99. The van der Waals surface area contributed by atoms with E-state index in [2.05, 4.69) is 12.2 Å². The molecule has 1 aliphatic heterocycles. The first-order chi connectivity index (χ1) is 14.9. The molecule has 166 valence electrons. The van der Waals surface area contributed by atoms with E-state index in [9.17, 15) is 14.4 Å². The van der Waals surface area contributed by atoms with Crippen molar-refractivity contribution in [3.63, 3.8) is 0 Å². The smallest absolute Gasteiger partial charge is 0.336 e. The molecule has 0 aromatic heterocycles. The lowest BCUT2D eigenvalue weighted by molar-refractivity contribution is -0.151. The normalized spacial score (nSPS) is 23.2. The number of methoxy groups -OCH3 is 1. The Balaban J connectivity index is 2.04. The average Bonchev–Trinajstić information content (AvgIpc) is 2.76. The zero-order valence-electron chi connectivity index (χ0n) is 18.4. The van der Waals surface area contributed by atoms with Crippen molar-refractivity contribution in [2.45, 2.75) is 33.1 Å². The molecule has 0 unspecified atom stereocenters. The molecule has 0 saturated heterocycles. The Morgan fingerprint density at radius 3 is 2.58 bits per heavy atom. The molecule has 1 aromatic rings. The van der Waals surface area contributed by atoms with Crippen LogP contribution in [-0.2, 0) is 23.9 Å². The van der Waals surface area contributed by atoms with Gasteiger partial charge in [0.15, 0.2) is 5.78 Å². The molecule has 3 rings (SSSR count). The van der Waals surface area contributed by atoms with Crippen LogP contribution in [0.1, 0.15) is 38.7 Å². The molecule has 3 atom stereocenters. The molecule has 1 heterocycles. The van der Waals surface area contributed by atoms with Crippen LogP contribution in [0.25, 0.3) is 0 Å². The second-order valence-corrected chi connectivity index (χ2v) is 9.17. The average molecular weight is 444 g/mol. The van der Waals surface area contributed by atoms with Gasteiger partial charge in [-0.2, -0.15) is 11.8 Å². The van der Waals surface area contributed by atoms with E-state index in [1.807, 2.05) is 44.2 Å². The molecular formula is C24H29NO5S. The highest BCUT2D eigenvalue weighted by Gasteiger charge is 2.47. The van der Waals surface area contributed by atoms with Crippen molar-refractivity contribution >= 4 is 29.5 Å². The molecule has 0 radical (unpaired) electrons. The van der Waals surface area contributed by atoms with Crippen LogP contribution >= 0.6 is 11.8 Å². The van der Waals surface area contributed by atoms with Gasteiger partial charge in [0, 0.05) is 28.6 Å². The largest absolute Gasteiger partial charge is 0.468 e. The number of carbonyl (C=O) groups is 3. The summed E-state index contributed by atoms with van der Waals surface area (Å²) in [5.41, 5.74) is 3.13. The molecule has 0 spiro atoms. The minimum absolute atomic E-state index is 0.199. The lowest BCUT2D eigenvalue weighted by Gasteiger charge is -2.38. The van der Waals surface area contributed by atoms with E-state index in [1.165, 1.54) is 7.11 Å². The fourth-order valence-corrected chi connectivity index (χ4v) is 4.84. The highest BCUT2D eigenvalue weighted by Crippen LogP contribution is 2.45. The summed E-state index contributed by atoms with van der Waals surface area (Å²) in [6.07, 6.45) is 0.525. The number of thioether (sulfide) groups is 1. The van der Waals surface area contributed by atoms with Gasteiger partial charge in [-0.05, 0) is 30.6 Å². The van der Waals surface area contributed by atoms with E-state index in [0.29, 0.717) is 35.6 Å². The number of dihydropyridines is 1. The number of allylic oxidation sites excluding steroid dienone is 3. The van der Waals surface area contributed by atoms with Gasteiger partial charge < -0.3 is 14.8 Å². The van der Waals surface area contributed by atoms with Crippen LogP contribution in [0.4, 0.5) is 0 Å². The summed E-state index contributed by atoms with van der Waals surface area (Å²) in [5.74, 6) is -1.27. The van der Waals surface area contributed by atoms with Crippen LogP contribution in [-0.4, -0.2) is 42.9 Å². The number of nitrogens with one attached hydrogen (secondary N) is 1. The molecule has 0 fully saturated rings. The zero-order valence-corrected chi connectivity index (χ0v) is 19.2. The van der Waals surface area contributed by atoms with Crippen molar-refractivity contribution in [2.24, 2.45) is 11.8 Å². The first kappa shape index (κ1) is 23.1. The second kappa shape index (κ2) is 10.2. The number of ketones is 1. The SMILES string of the molecule is CCSCCOC(=O)C1=C(C)NC2=C(C(=O)[C@H](C(=O)OC)[C@@H](C)C2)[C@@H]1c1ccccc1. The fourth-order valence-electron chi connectivity index (χ4n) is 4.35. The summed E-state index contributed by atoms with van der Waals surface area (Å²) in [7, 11) is 1.29. The van der Waals surface area contributed by atoms with Crippen molar-refractivity contribution in [1.29, 1.82) is 0 Å². The van der Waals surface area contributed by atoms with Gasteiger partial charge in [-0.3, -0.25) is 9.59 Å². The summed E-state index contributed by atoms with van der Waals surface area (Å²) in [5, 5.41) is 3.27. The molecule has 0 amide bonds. The van der Waals surface area contributed by atoms with Crippen molar-refractivity contribution in [2.75, 3.05) is 25.2 Å². The maximum absolute atomic E-state index is 13.6. The van der Waals surface area contributed by atoms with Gasteiger partial charge in [0.1, 0.15) is 12.5 Å². The van der Waals surface area contributed by atoms with Crippen molar-refractivity contribution in [1.82, 2.24) is 5.32 Å². The predicted molar refractivity (Wildman–Crippen MR) is 120 cm³/mol. The van der Waals surface area contributed by atoms with Gasteiger partial charge in [0.2, 0.25) is 0 Å². The lowest BCUT2D eigenvalue weighted by atomic mass is 9.69. The van der Waals surface area contributed by atoms with E-state index in [4.69, 9.17) is 9.47 Å². The van der Waals surface area contributed by atoms with E-state index in [-0.39, 0.29) is 11.7 Å². The molecule has 6 nitrogen and oxygen atoms in total. The Labute approximate surface area is 187 Å². The standard InChI is InChI=1S/C24H29NO5S/c1-5-31-12-11-30-24(28)19-15(3)25-17-13-14(2)18(23(27)29-4)22(26)21(17)20(19)16-9-7-6-8-10-16/h6-10,14,18,20,25H,5,11-13H2,1-4H3/t14-,18+,20+/m0/s1. The maximum Gasteiger partial charge on any atom is 0.336 e. The van der Waals surface area contributed by atoms with Crippen LogP contribution in [0.15, 0.2) is 52.9 Å². The molecule has 1 N–H and O–H groups in total. The molecular weight excluding hydrogens is 414 g/mol. The highest BCUT2D eigenvalue weighted by atomic mass is 32.2. The van der Waals surface area contributed by atoms with Gasteiger partial charge in [-0.25, -0.2) is 4.79 Å². The monoisotopic (exact) mass is 443 g/mol. The predicted octanol–water partition coefficient (Wildman–Crippen LogP) is 3.60. The van der Waals surface area contributed by atoms with E-state index in [0.717, 1.165) is 17.0 Å². The Hall–Kier alpha value is -2.54. The number of rotatable bonds is 7. The van der Waals surface area contributed by atoms with Crippen molar-refractivity contribution < 1.29 is 23.9 Å². The molecule has 31 heavy (non-hydrogen) atoms. The second-order valence-electron chi connectivity index (χ2n) is 7.78. The Morgan fingerprint density at radius 2 is 1.94 bits per heavy atom. The number of hydrogen-bond acceptors (Lipinski definition) is 7. The van der Waals surface area contributed by atoms with E-state index < -0.39 is 23.8 Å². The van der Waals surface area contributed by atoms with Gasteiger partial charge in [-0.1, -0.05) is 44.2 Å². The van der Waals surface area contributed by atoms with Crippen LogP contribution < -0.4 is 5.32 Å². The van der Waals surface area contributed by atoms with Gasteiger partial charge >= 0.3 is 11.9 Å². The lowest BCUT2D eigenvalue weighted by Crippen LogP contribution is -2.43. The third-order valence-corrected chi connectivity index (χ3v) is 6.62. The van der Waals surface area contributed by atoms with Gasteiger partial charge in [0.05, 0.1) is 12.7 Å². The van der Waals surface area contributed by atoms with Crippen LogP contribution in [0, 0.1) is 11.8 Å². The molecule has 7 heteroatoms. The summed E-state index contributed by atoms with van der Waals surface area (Å²) in [6.45, 7) is 6.06. The number of carbonyl (C=O) groups excluding carboxylic acids is 3. The van der Waals surface area contributed by atoms with E-state index >= 15 is 0 Å². The van der Waals surface area contributed by atoms with Crippen LogP contribution in [0.2, 0.25) is 0 Å². The topological polar surface area (TPSA) is 81.7 Å².